The number of benzene rings is 1. The van der Waals surface area contributed by atoms with E-state index < -0.39 is 0 Å². The van der Waals surface area contributed by atoms with Crippen molar-refractivity contribution in [3.63, 3.8) is 0 Å². The van der Waals surface area contributed by atoms with E-state index >= 15 is 0 Å². The molecule has 1 aromatic carbocycles. The van der Waals surface area contributed by atoms with Gasteiger partial charge in [0.15, 0.2) is 0 Å². The molecule has 2 nitrogen and oxygen atoms in total. The third kappa shape index (κ3) is 5.29. The lowest BCUT2D eigenvalue weighted by molar-refractivity contribution is 0.263. The Morgan fingerprint density at radius 1 is 1.06 bits per heavy atom. The number of hydrogen-bond donors (Lipinski definition) is 2. The van der Waals surface area contributed by atoms with Crippen molar-refractivity contribution in [2.24, 2.45) is 0 Å². The van der Waals surface area contributed by atoms with Crippen molar-refractivity contribution >= 4 is 0 Å². The molecule has 0 heterocycles. The van der Waals surface area contributed by atoms with Gasteiger partial charge in [0.1, 0.15) is 0 Å². The van der Waals surface area contributed by atoms with Crippen molar-refractivity contribution in [1.29, 1.82) is 0 Å². The highest BCUT2D eigenvalue weighted by atomic mass is 16.3. The molecule has 0 bridgehead atoms. The summed E-state index contributed by atoms with van der Waals surface area (Å²) in [7, 11) is 0. The molecule has 0 saturated heterocycles. The van der Waals surface area contributed by atoms with Gasteiger partial charge in [0, 0.05) is 18.7 Å². The van der Waals surface area contributed by atoms with Crippen LogP contribution in [-0.2, 0) is 6.42 Å². The lowest BCUT2D eigenvalue weighted by Crippen LogP contribution is -2.35. The molecule has 2 N–H and O–H groups in total. The van der Waals surface area contributed by atoms with Crippen molar-refractivity contribution in [1.82, 2.24) is 5.32 Å². The zero-order valence-electron chi connectivity index (χ0n) is 10.3. The van der Waals surface area contributed by atoms with Gasteiger partial charge in [-0.2, -0.15) is 0 Å². The Kier molecular flexibility index (Phi) is 6.12. The monoisotopic (exact) mass is 221 g/mol. The fourth-order valence-corrected chi connectivity index (χ4v) is 1.87. The Labute approximate surface area is 98.7 Å². The summed E-state index contributed by atoms with van der Waals surface area (Å²) in [5.74, 6) is 0. The third-order valence-corrected chi connectivity index (χ3v) is 2.84. The lowest BCUT2D eigenvalue weighted by atomic mass is 10.1. The van der Waals surface area contributed by atoms with Gasteiger partial charge in [-0.05, 0) is 38.7 Å². The lowest BCUT2D eigenvalue weighted by Gasteiger charge is -2.19. The first-order chi connectivity index (χ1) is 7.72. The molecule has 1 rings (SSSR count). The first kappa shape index (κ1) is 13.2. The van der Waals surface area contributed by atoms with Crippen molar-refractivity contribution in [2.45, 2.75) is 45.2 Å². The summed E-state index contributed by atoms with van der Waals surface area (Å²) >= 11 is 0. The van der Waals surface area contributed by atoms with E-state index in [1.54, 1.807) is 0 Å². The van der Waals surface area contributed by atoms with E-state index in [9.17, 15) is 0 Å². The zero-order valence-corrected chi connectivity index (χ0v) is 10.3. The van der Waals surface area contributed by atoms with Crippen LogP contribution in [0.5, 0.6) is 0 Å². The van der Waals surface area contributed by atoms with Gasteiger partial charge in [-0.1, -0.05) is 30.3 Å². The fourth-order valence-electron chi connectivity index (χ4n) is 1.87. The van der Waals surface area contributed by atoms with E-state index in [0.29, 0.717) is 12.1 Å². The van der Waals surface area contributed by atoms with Crippen LogP contribution in [0.4, 0.5) is 0 Å². The second-order valence-corrected chi connectivity index (χ2v) is 4.51. The number of aryl methyl sites for hydroxylation is 1. The van der Waals surface area contributed by atoms with Gasteiger partial charge in [-0.15, -0.1) is 0 Å². The Balaban J connectivity index is 2.22. The maximum Gasteiger partial charge on any atom is 0.0445 e. The van der Waals surface area contributed by atoms with E-state index in [0.717, 1.165) is 19.3 Å². The second-order valence-electron chi connectivity index (χ2n) is 4.51. The molecule has 0 fully saturated rings. The molecule has 1 unspecified atom stereocenters. The summed E-state index contributed by atoms with van der Waals surface area (Å²) in [4.78, 5) is 0. The van der Waals surface area contributed by atoms with Crippen LogP contribution in [-0.4, -0.2) is 23.8 Å². The Bertz CT molecular complexity index is 273. The van der Waals surface area contributed by atoms with Crippen LogP contribution in [0.2, 0.25) is 0 Å². The highest BCUT2D eigenvalue weighted by molar-refractivity contribution is 5.14. The summed E-state index contributed by atoms with van der Waals surface area (Å²) in [5, 5.41) is 12.3. The van der Waals surface area contributed by atoms with E-state index in [2.05, 4.69) is 49.5 Å². The van der Waals surface area contributed by atoms with Crippen LogP contribution in [0.1, 0.15) is 32.3 Å². The molecule has 2 atom stereocenters. The standard InChI is InChI=1S/C14H23NO/c1-12(15-13(2)10-11-16)8-9-14-6-4-3-5-7-14/h3-7,12-13,15-16H,8-11H2,1-2H3/t12?,13-/m1/s1. The molecule has 2 heteroatoms. The molecule has 0 aromatic heterocycles. The first-order valence-corrected chi connectivity index (χ1v) is 6.13. The summed E-state index contributed by atoms with van der Waals surface area (Å²) in [6.45, 7) is 4.59. The first-order valence-electron chi connectivity index (χ1n) is 6.13. The van der Waals surface area contributed by atoms with Crippen LogP contribution >= 0.6 is 0 Å². The van der Waals surface area contributed by atoms with Gasteiger partial charge in [0.05, 0.1) is 0 Å². The van der Waals surface area contributed by atoms with E-state index in [4.69, 9.17) is 5.11 Å². The van der Waals surface area contributed by atoms with Crippen molar-refractivity contribution in [3.8, 4) is 0 Å². The number of aliphatic hydroxyl groups is 1. The van der Waals surface area contributed by atoms with Crippen LogP contribution < -0.4 is 5.32 Å². The van der Waals surface area contributed by atoms with Crippen molar-refractivity contribution < 1.29 is 5.11 Å². The van der Waals surface area contributed by atoms with E-state index in [1.807, 2.05) is 0 Å². The number of nitrogens with one attached hydrogen (secondary N) is 1. The average molecular weight is 221 g/mol. The molecule has 0 radical (unpaired) electrons. The van der Waals surface area contributed by atoms with E-state index in [-0.39, 0.29) is 6.61 Å². The minimum absolute atomic E-state index is 0.263. The zero-order chi connectivity index (χ0) is 11.8. The highest BCUT2D eigenvalue weighted by Crippen LogP contribution is 2.05. The van der Waals surface area contributed by atoms with Gasteiger partial charge < -0.3 is 10.4 Å². The molecule has 1 aromatic rings. The van der Waals surface area contributed by atoms with Gasteiger partial charge >= 0.3 is 0 Å². The molecule has 0 aliphatic carbocycles. The minimum atomic E-state index is 0.263. The second kappa shape index (κ2) is 7.42. The van der Waals surface area contributed by atoms with E-state index in [1.165, 1.54) is 5.56 Å². The van der Waals surface area contributed by atoms with Gasteiger partial charge in [0.2, 0.25) is 0 Å². The van der Waals surface area contributed by atoms with Crippen molar-refractivity contribution in [2.75, 3.05) is 6.61 Å². The average Bonchev–Trinajstić information content (AvgIpc) is 2.28. The Morgan fingerprint density at radius 2 is 1.69 bits per heavy atom. The normalized spacial score (nSPS) is 14.7. The Hall–Kier alpha value is -0.860. The van der Waals surface area contributed by atoms with Crippen LogP contribution in [0.25, 0.3) is 0 Å². The predicted octanol–water partition coefficient (Wildman–Crippen LogP) is 2.37. The minimum Gasteiger partial charge on any atom is -0.396 e. The quantitative estimate of drug-likeness (QED) is 0.741. The number of hydrogen-bond acceptors (Lipinski definition) is 2. The molecule has 0 spiro atoms. The highest BCUT2D eigenvalue weighted by Gasteiger charge is 2.06. The number of rotatable bonds is 7. The molecule has 16 heavy (non-hydrogen) atoms. The van der Waals surface area contributed by atoms with Crippen LogP contribution in [0.3, 0.4) is 0 Å². The SMILES string of the molecule is CC(CCc1ccccc1)N[C@H](C)CCO. The van der Waals surface area contributed by atoms with Crippen LogP contribution in [0, 0.1) is 0 Å². The molecule has 90 valence electrons. The Morgan fingerprint density at radius 3 is 2.31 bits per heavy atom. The molecule has 0 saturated carbocycles. The summed E-state index contributed by atoms with van der Waals surface area (Å²) in [5.41, 5.74) is 1.39. The maximum absolute atomic E-state index is 8.82. The topological polar surface area (TPSA) is 32.3 Å². The predicted molar refractivity (Wildman–Crippen MR) is 68.5 cm³/mol. The fraction of sp³-hybridized carbons (Fsp3) is 0.571. The molecular weight excluding hydrogens is 198 g/mol. The van der Waals surface area contributed by atoms with Crippen LogP contribution in [0.15, 0.2) is 30.3 Å². The summed E-state index contributed by atoms with van der Waals surface area (Å²) < 4.78 is 0. The molecule has 0 aliphatic heterocycles. The molecule has 0 aliphatic rings. The third-order valence-electron chi connectivity index (χ3n) is 2.84. The summed E-state index contributed by atoms with van der Waals surface area (Å²) in [6, 6.07) is 11.5. The maximum atomic E-state index is 8.82. The van der Waals surface area contributed by atoms with Gasteiger partial charge in [-0.25, -0.2) is 0 Å². The van der Waals surface area contributed by atoms with Gasteiger partial charge in [0.25, 0.3) is 0 Å². The smallest absolute Gasteiger partial charge is 0.0445 e. The summed E-state index contributed by atoms with van der Waals surface area (Å²) in [6.07, 6.45) is 3.08. The largest absolute Gasteiger partial charge is 0.396 e. The van der Waals surface area contributed by atoms with Crippen molar-refractivity contribution in [3.05, 3.63) is 35.9 Å². The van der Waals surface area contributed by atoms with Gasteiger partial charge in [-0.3, -0.25) is 0 Å². The molecular formula is C14H23NO. The molecule has 0 amide bonds. The number of aliphatic hydroxyl groups excluding tert-OH is 1.